The minimum atomic E-state index is -4.00. The fraction of sp³-hybridized carbons (Fsp3) is 0.250. The van der Waals surface area contributed by atoms with Gasteiger partial charge in [-0.25, -0.2) is 8.42 Å². The molecule has 0 radical (unpaired) electrons. The van der Waals surface area contributed by atoms with Crippen LogP contribution in [-0.2, 0) is 16.6 Å². The first kappa shape index (κ1) is 16.3. The van der Waals surface area contributed by atoms with Gasteiger partial charge in [-0.15, -0.1) is 0 Å². The molecule has 1 aromatic carbocycles. The first-order chi connectivity index (χ1) is 10.4. The second-order valence-corrected chi connectivity index (χ2v) is 6.98. The molecule has 0 fully saturated rings. The molecule has 10 heteroatoms. The van der Waals surface area contributed by atoms with Gasteiger partial charge < -0.3 is 4.74 Å². The van der Waals surface area contributed by atoms with Gasteiger partial charge in [0.15, 0.2) is 4.90 Å². The van der Waals surface area contributed by atoms with E-state index in [-0.39, 0.29) is 11.4 Å². The van der Waals surface area contributed by atoms with Crippen LogP contribution in [0.25, 0.3) is 0 Å². The fourth-order valence-electron chi connectivity index (χ4n) is 1.84. The minimum Gasteiger partial charge on any atom is -0.480 e. The number of hydrogen-bond acceptors (Lipinski definition) is 7. The summed E-state index contributed by atoms with van der Waals surface area (Å²) in [4.78, 5) is 9.94. The van der Waals surface area contributed by atoms with Crippen LogP contribution in [0.15, 0.2) is 34.5 Å². The smallest absolute Gasteiger partial charge is 0.289 e. The lowest BCUT2D eigenvalue weighted by Crippen LogP contribution is -2.27. The quantitative estimate of drug-likeness (QED) is 0.586. The Kier molecular flexibility index (Phi) is 4.74. The molecule has 22 heavy (non-hydrogen) atoms. The molecule has 8 nitrogen and oxygen atoms in total. The maximum Gasteiger partial charge on any atom is 0.289 e. The summed E-state index contributed by atoms with van der Waals surface area (Å²) in [6.45, 7) is 0.00799. The molecule has 0 atom stereocenters. The molecule has 118 valence electrons. The Morgan fingerprint density at radius 3 is 2.73 bits per heavy atom. The molecule has 0 N–H and O–H groups in total. The molecule has 0 aliphatic carbocycles. The monoisotopic (exact) mass is 343 g/mol. The van der Waals surface area contributed by atoms with Crippen molar-refractivity contribution < 1.29 is 18.1 Å². The van der Waals surface area contributed by atoms with Crippen molar-refractivity contribution in [2.75, 3.05) is 14.2 Å². The maximum absolute atomic E-state index is 12.5. The van der Waals surface area contributed by atoms with Gasteiger partial charge in [0.1, 0.15) is 0 Å². The number of ether oxygens (including phenoxy) is 1. The van der Waals surface area contributed by atoms with Gasteiger partial charge in [-0.05, 0) is 17.6 Å². The summed E-state index contributed by atoms with van der Waals surface area (Å²) in [7, 11) is -1.21. The van der Waals surface area contributed by atoms with Crippen LogP contribution in [0.2, 0.25) is 0 Å². The summed E-state index contributed by atoms with van der Waals surface area (Å²) >= 11 is 1.14. The Morgan fingerprint density at radius 1 is 1.41 bits per heavy atom. The molecule has 0 saturated carbocycles. The molecule has 0 aliphatic rings. The van der Waals surface area contributed by atoms with Crippen LogP contribution < -0.4 is 4.74 Å². The van der Waals surface area contributed by atoms with Crippen molar-refractivity contribution in [2.24, 2.45) is 0 Å². The van der Waals surface area contributed by atoms with E-state index < -0.39 is 20.6 Å². The number of aromatic nitrogens is 1. The van der Waals surface area contributed by atoms with Crippen molar-refractivity contribution >= 4 is 27.2 Å². The summed E-state index contributed by atoms with van der Waals surface area (Å²) in [6.07, 6.45) is 0. The van der Waals surface area contributed by atoms with Crippen molar-refractivity contribution in [2.45, 2.75) is 11.4 Å². The van der Waals surface area contributed by atoms with E-state index in [1.807, 2.05) is 0 Å². The van der Waals surface area contributed by atoms with E-state index in [1.54, 1.807) is 5.38 Å². The van der Waals surface area contributed by atoms with E-state index in [0.29, 0.717) is 11.4 Å². The molecular formula is C12H13N3O5S2. The van der Waals surface area contributed by atoms with E-state index in [0.717, 1.165) is 21.9 Å². The van der Waals surface area contributed by atoms with Crippen LogP contribution in [-0.4, -0.2) is 36.2 Å². The lowest BCUT2D eigenvalue weighted by molar-refractivity contribution is -0.387. The van der Waals surface area contributed by atoms with Gasteiger partial charge in [-0.1, -0.05) is 12.1 Å². The average molecular weight is 343 g/mol. The summed E-state index contributed by atoms with van der Waals surface area (Å²) in [5, 5.41) is 12.7. The maximum atomic E-state index is 12.5. The number of para-hydroxylation sites is 1. The van der Waals surface area contributed by atoms with Crippen LogP contribution in [0.5, 0.6) is 5.88 Å². The standard InChI is InChI=1S/C12H13N3O5S2/c1-14(7-9-8-21-13-12(9)20-2)22(18,19)11-6-4-3-5-10(11)15(16)17/h3-6,8H,7H2,1-2H3. The van der Waals surface area contributed by atoms with Crippen LogP contribution in [0, 0.1) is 10.1 Å². The van der Waals surface area contributed by atoms with E-state index in [1.165, 1.54) is 32.4 Å². The molecule has 2 aromatic rings. The Morgan fingerprint density at radius 2 is 2.09 bits per heavy atom. The zero-order chi connectivity index (χ0) is 16.3. The van der Waals surface area contributed by atoms with Crippen LogP contribution in [0.4, 0.5) is 5.69 Å². The van der Waals surface area contributed by atoms with E-state index in [9.17, 15) is 18.5 Å². The number of rotatable bonds is 6. The Labute approximate surface area is 131 Å². The molecule has 0 spiro atoms. The van der Waals surface area contributed by atoms with Crippen molar-refractivity contribution in [1.82, 2.24) is 8.68 Å². The highest BCUT2D eigenvalue weighted by atomic mass is 32.2. The van der Waals surface area contributed by atoms with Gasteiger partial charge in [0.2, 0.25) is 15.9 Å². The molecule has 0 bridgehead atoms. The number of sulfonamides is 1. The number of nitrogens with zero attached hydrogens (tertiary/aromatic N) is 3. The first-order valence-corrected chi connectivity index (χ1v) is 8.32. The van der Waals surface area contributed by atoms with Crippen molar-refractivity contribution in [3.8, 4) is 5.88 Å². The van der Waals surface area contributed by atoms with Crippen LogP contribution in [0.3, 0.4) is 0 Å². The molecule has 0 amide bonds. The Hall–Kier alpha value is -2.04. The topological polar surface area (TPSA) is 103 Å². The molecule has 0 unspecified atom stereocenters. The molecule has 2 rings (SSSR count). The zero-order valence-electron chi connectivity index (χ0n) is 11.8. The van der Waals surface area contributed by atoms with E-state index in [4.69, 9.17) is 4.74 Å². The number of benzene rings is 1. The van der Waals surface area contributed by atoms with Crippen LogP contribution >= 0.6 is 11.5 Å². The summed E-state index contributed by atoms with van der Waals surface area (Å²) < 4.78 is 35.1. The highest BCUT2D eigenvalue weighted by molar-refractivity contribution is 7.89. The highest BCUT2D eigenvalue weighted by Gasteiger charge is 2.29. The largest absolute Gasteiger partial charge is 0.480 e. The second-order valence-electron chi connectivity index (χ2n) is 4.33. The summed E-state index contributed by atoms with van der Waals surface area (Å²) in [5.41, 5.74) is 0.141. The number of hydrogen-bond donors (Lipinski definition) is 0. The lowest BCUT2D eigenvalue weighted by atomic mass is 10.3. The van der Waals surface area contributed by atoms with Crippen LogP contribution in [0.1, 0.15) is 5.56 Å². The van der Waals surface area contributed by atoms with Gasteiger partial charge in [0, 0.05) is 30.6 Å². The first-order valence-electron chi connectivity index (χ1n) is 6.05. The van der Waals surface area contributed by atoms with Gasteiger partial charge in [0.25, 0.3) is 5.69 Å². The van der Waals surface area contributed by atoms with Gasteiger partial charge in [0.05, 0.1) is 12.0 Å². The normalized spacial score (nSPS) is 11.6. The van der Waals surface area contributed by atoms with Crippen molar-refractivity contribution in [3.63, 3.8) is 0 Å². The number of nitro groups is 1. The number of methoxy groups -OCH3 is 1. The lowest BCUT2D eigenvalue weighted by Gasteiger charge is -2.16. The molecular weight excluding hydrogens is 330 g/mol. The Bertz CT molecular complexity index is 788. The number of nitro benzene ring substituents is 1. The molecule has 1 heterocycles. The third kappa shape index (κ3) is 3.08. The van der Waals surface area contributed by atoms with Crippen molar-refractivity contribution in [1.29, 1.82) is 0 Å². The molecule has 0 aliphatic heterocycles. The molecule has 1 aromatic heterocycles. The van der Waals surface area contributed by atoms with Gasteiger partial charge in [-0.2, -0.15) is 8.68 Å². The summed E-state index contributed by atoms with van der Waals surface area (Å²) in [5.74, 6) is 0.342. The SMILES string of the molecule is COc1nscc1CN(C)S(=O)(=O)c1ccccc1[N+](=O)[O-]. The average Bonchev–Trinajstić information content (AvgIpc) is 2.94. The van der Waals surface area contributed by atoms with E-state index >= 15 is 0 Å². The zero-order valence-corrected chi connectivity index (χ0v) is 13.4. The Balaban J connectivity index is 2.36. The summed E-state index contributed by atoms with van der Waals surface area (Å²) in [6, 6.07) is 5.24. The van der Waals surface area contributed by atoms with Gasteiger partial charge in [-0.3, -0.25) is 10.1 Å². The fourth-order valence-corrected chi connectivity index (χ4v) is 3.78. The minimum absolute atomic E-state index is 0.00799. The predicted octanol–water partition coefficient (Wildman–Crippen LogP) is 1.88. The predicted molar refractivity (Wildman–Crippen MR) is 80.4 cm³/mol. The van der Waals surface area contributed by atoms with Crippen molar-refractivity contribution in [3.05, 3.63) is 45.3 Å². The van der Waals surface area contributed by atoms with E-state index in [2.05, 4.69) is 4.37 Å². The third-order valence-electron chi connectivity index (χ3n) is 2.94. The van der Waals surface area contributed by atoms with Gasteiger partial charge >= 0.3 is 0 Å². The molecule has 0 saturated heterocycles. The third-order valence-corrected chi connectivity index (χ3v) is 5.45. The highest BCUT2D eigenvalue weighted by Crippen LogP contribution is 2.28. The second kappa shape index (κ2) is 6.38.